The number of ether oxygens (including phenoxy) is 1. The van der Waals surface area contributed by atoms with Crippen molar-refractivity contribution >= 4 is 17.8 Å². The molecule has 0 unspecified atom stereocenters. The largest absolute Gasteiger partial charge is 0.370 e. The number of rotatable bonds is 6. The van der Waals surface area contributed by atoms with E-state index in [-0.39, 0.29) is 24.3 Å². The summed E-state index contributed by atoms with van der Waals surface area (Å²) in [5, 5.41) is 2.66. The molecule has 0 aromatic heterocycles. The zero-order valence-electron chi connectivity index (χ0n) is 16.7. The first-order chi connectivity index (χ1) is 14.6. The van der Waals surface area contributed by atoms with Gasteiger partial charge in [0, 0.05) is 13.1 Å². The Balaban J connectivity index is 1.33. The highest BCUT2D eigenvalue weighted by Gasteiger charge is 2.40. The Hall–Kier alpha value is -3.19. The maximum absolute atomic E-state index is 12.8. The number of benzene rings is 2. The third-order valence-corrected chi connectivity index (χ3v) is 5.54. The molecule has 0 saturated carbocycles. The number of hydrogen-bond donors (Lipinski definition) is 1. The van der Waals surface area contributed by atoms with Gasteiger partial charge in [-0.25, -0.2) is 4.79 Å². The molecule has 4 amide bonds. The third-order valence-electron chi connectivity index (χ3n) is 5.54. The molecule has 2 heterocycles. The van der Waals surface area contributed by atoms with E-state index in [4.69, 9.17) is 4.74 Å². The molecule has 2 aliphatic heterocycles. The van der Waals surface area contributed by atoms with Crippen molar-refractivity contribution in [3.05, 3.63) is 71.8 Å². The van der Waals surface area contributed by atoms with E-state index < -0.39 is 12.1 Å². The number of nitrogens with one attached hydrogen (secondary N) is 1. The molecule has 4 rings (SSSR count). The van der Waals surface area contributed by atoms with Crippen molar-refractivity contribution in [2.45, 2.75) is 25.0 Å². The molecule has 1 N–H and O–H groups in total. The number of amides is 4. The predicted octanol–water partition coefficient (Wildman–Crippen LogP) is 2.14. The van der Waals surface area contributed by atoms with Crippen LogP contribution in [-0.2, 0) is 20.7 Å². The Labute approximate surface area is 175 Å². The van der Waals surface area contributed by atoms with Crippen LogP contribution in [0.15, 0.2) is 60.7 Å². The van der Waals surface area contributed by atoms with Gasteiger partial charge >= 0.3 is 6.03 Å². The van der Waals surface area contributed by atoms with E-state index in [9.17, 15) is 14.4 Å². The minimum absolute atomic E-state index is 0.0338. The lowest BCUT2D eigenvalue weighted by Gasteiger charge is -2.33. The fraction of sp³-hybridized carbons (Fsp3) is 0.348. The highest BCUT2D eigenvalue weighted by atomic mass is 16.5. The van der Waals surface area contributed by atoms with Gasteiger partial charge in [-0.15, -0.1) is 0 Å². The molecule has 0 spiro atoms. The van der Waals surface area contributed by atoms with Crippen LogP contribution < -0.4 is 5.32 Å². The van der Waals surface area contributed by atoms with Crippen LogP contribution in [0, 0.1) is 0 Å². The van der Waals surface area contributed by atoms with Gasteiger partial charge in [-0.05, 0) is 17.5 Å². The molecule has 156 valence electrons. The fourth-order valence-corrected chi connectivity index (χ4v) is 3.86. The number of nitrogens with zero attached hydrogens (tertiary/aromatic N) is 2. The van der Waals surface area contributed by atoms with E-state index in [1.54, 1.807) is 4.90 Å². The third kappa shape index (κ3) is 4.52. The summed E-state index contributed by atoms with van der Waals surface area (Å²) in [5.41, 5.74) is 2.07. The monoisotopic (exact) mass is 407 g/mol. The average Bonchev–Trinajstić information content (AvgIpc) is 3.06. The van der Waals surface area contributed by atoms with Gasteiger partial charge in [-0.3, -0.25) is 14.5 Å². The van der Waals surface area contributed by atoms with Crippen LogP contribution in [0.25, 0.3) is 0 Å². The van der Waals surface area contributed by atoms with E-state index in [1.807, 2.05) is 60.7 Å². The average molecular weight is 407 g/mol. The van der Waals surface area contributed by atoms with Crippen molar-refractivity contribution in [3.63, 3.8) is 0 Å². The lowest BCUT2D eigenvalue weighted by molar-refractivity contribution is -0.141. The van der Waals surface area contributed by atoms with Crippen LogP contribution in [0.2, 0.25) is 0 Å². The molecular formula is C23H25N3O4. The van der Waals surface area contributed by atoms with E-state index in [0.717, 1.165) is 11.1 Å². The molecule has 2 aromatic rings. The van der Waals surface area contributed by atoms with Crippen molar-refractivity contribution in [1.29, 1.82) is 0 Å². The molecule has 2 saturated heterocycles. The molecule has 30 heavy (non-hydrogen) atoms. The van der Waals surface area contributed by atoms with Crippen molar-refractivity contribution in [1.82, 2.24) is 15.1 Å². The van der Waals surface area contributed by atoms with Crippen LogP contribution in [0.5, 0.6) is 0 Å². The van der Waals surface area contributed by atoms with Crippen molar-refractivity contribution in [3.8, 4) is 0 Å². The zero-order valence-corrected chi connectivity index (χ0v) is 16.7. The van der Waals surface area contributed by atoms with Gasteiger partial charge in [-0.1, -0.05) is 60.7 Å². The van der Waals surface area contributed by atoms with Crippen LogP contribution in [-0.4, -0.2) is 59.9 Å². The molecule has 0 bridgehead atoms. The van der Waals surface area contributed by atoms with Gasteiger partial charge in [-0.2, -0.15) is 0 Å². The quantitative estimate of drug-likeness (QED) is 0.744. The minimum atomic E-state index is -0.807. The first kappa shape index (κ1) is 20.1. The second-order valence-electron chi connectivity index (χ2n) is 7.54. The van der Waals surface area contributed by atoms with Crippen molar-refractivity contribution in [2.75, 3.05) is 26.2 Å². The smallest absolute Gasteiger partial charge is 0.324 e. The lowest BCUT2D eigenvalue weighted by Crippen LogP contribution is -2.45. The van der Waals surface area contributed by atoms with Crippen LogP contribution in [0.4, 0.5) is 4.79 Å². The Kier molecular flexibility index (Phi) is 6.09. The standard InChI is InChI=1S/C23H25N3O4/c27-21(25-13-14-30-20(16-25)18-9-5-2-6-10-18)15-19-22(28)26(23(29)24-19)12-11-17-7-3-1-4-8-17/h1-10,19-20H,11-16H2,(H,24,29)/t19-,20+/m1/s1. The van der Waals surface area contributed by atoms with Gasteiger partial charge in [0.2, 0.25) is 5.91 Å². The summed E-state index contributed by atoms with van der Waals surface area (Å²) in [6, 6.07) is 18.2. The number of hydrogen-bond acceptors (Lipinski definition) is 4. The first-order valence-electron chi connectivity index (χ1n) is 10.2. The first-order valence-corrected chi connectivity index (χ1v) is 10.2. The Morgan fingerprint density at radius 1 is 1.03 bits per heavy atom. The number of carbonyl (C=O) groups excluding carboxylic acids is 3. The highest BCUT2D eigenvalue weighted by molar-refractivity contribution is 6.05. The van der Waals surface area contributed by atoms with Gasteiger partial charge in [0.15, 0.2) is 0 Å². The zero-order chi connectivity index (χ0) is 20.9. The van der Waals surface area contributed by atoms with Gasteiger partial charge in [0.05, 0.1) is 19.6 Å². The number of urea groups is 1. The maximum atomic E-state index is 12.8. The molecule has 7 nitrogen and oxygen atoms in total. The van der Waals surface area contributed by atoms with Crippen LogP contribution in [0.1, 0.15) is 23.7 Å². The molecule has 0 radical (unpaired) electrons. The SMILES string of the molecule is O=C(C[C@H]1NC(=O)N(CCc2ccccc2)C1=O)N1CCO[C@H](c2ccccc2)C1. The van der Waals surface area contributed by atoms with E-state index in [2.05, 4.69) is 5.32 Å². The fourth-order valence-electron chi connectivity index (χ4n) is 3.86. The summed E-state index contributed by atoms with van der Waals surface area (Å²) >= 11 is 0. The van der Waals surface area contributed by atoms with Gasteiger partial charge in [0.25, 0.3) is 5.91 Å². The summed E-state index contributed by atoms with van der Waals surface area (Å²) in [6.45, 7) is 1.66. The van der Waals surface area contributed by atoms with E-state index in [1.165, 1.54) is 4.90 Å². The predicted molar refractivity (Wildman–Crippen MR) is 111 cm³/mol. The van der Waals surface area contributed by atoms with E-state index in [0.29, 0.717) is 32.7 Å². The van der Waals surface area contributed by atoms with Crippen LogP contribution >= 0.6 is 0 Å². The molecule has 2 aliphatic rings. The summed E-state index contributed by atoms with van der Waals surface area (Å²) in [5.74, 6) is -0.486. The van der Waals surface area contributed by atoms with E-state index >= 15 is 0 Å². The topological polar surface area (TPSA) is 79.0 Å². The Bertz CT molecular complexity index is 903. The lowest BCUT2D eigenvalue weighted by atomic mass is 10.1. The summed E-state index contributed by atoms with van der Waals surface area (Å²) in [7, 11) is 0. The summed E-state index contributed by atoms with van der Waals surface area (Å²) in [4.78, 5) is 40.7. The molecular weight excluding hydrogens is 382 g/mol. The second-order valence-corrected chi connectivity index (χ2v) is 7.54. The number of morpholine rings is 1. The minimum Gasteiger partial charge on any atom is -0.370 e. The maximum Gasteiger partial charge on any atom is 0.324 e. The normalized spacial score (nSPS) is 21.6. The van der Waals surface area contributed by atoms with Crippen molar-refractivity contribution < 1.29 is 19.1 Å². The molecule has 2 aromatic carbocycles. The van der Waals surface area contributed by atoms with Gasteiger partial charge in [0.1, 0.15) is 12.1 Å². The summed E-state index contributed by atoms with van der Waals surface area (Å²) in [6.07, 6.45) is 0.372. The van der Waals surface area contributed by atoms with Gasteiger partial charge < -0.3 is 15.0 Å². The summed E-state index contributed by atoms with van der Waals surface area (Å²) < 4.78 is 5.80. The molecule has 0 aliphatic carbocycles. The number of imide groups is 1. The molecule has 2 fully saturated rings. The molecule has 2 atom stereocenters. The second kappa shape index (κ2) is 9.09. The molecule has 7 heteroatoms. The number of carbonyl (C=O) groups is 3. The van der Waals surface area contributed by atoms with Crippen LogP contribution in [0.3, 0.4) is 0 Å². The van der Waals surface area contributed by atoms with Crippen molar-refractivity contribution in [2.24, 2.45) is 0 Å². The Morgan fingerprint density at radius 2 is 1.73 bits per heavy atom. The highest BCUT2D eigenvalue weighted by Crippen LogP contribution is 2.23. The Morgan fingerprint density at radius 3 is 2.47 bits per heavy atom.